The molecule has 0 unspecified atom stereocenters. The maximum Gasteiger partial charge on any atom is 0.319 e. The third-order valence-corrected chi connectivity index (χ3v) is 4.38. The molecule has 0 spiro atoms. The fourth-order valence-electron chi connectivity index (χ4n) is 3.16. The van der Waals surface area contributed by atoms with Gasteiger partial charge < -0.3 is 15.5 Å². The van der Waals surface area contributed by atoms with E-state index in [2.05, 4.69) is 40.7 Å². The van der Waals surface area contributed by atoms with Gasteiger partial charge in [0.1, 0.15) is 0 Å². The molecule has 2 aromatic carbocycles. The van der Waals surface area contributed by atoms with E-state index in [4.69, 9.17) is 0 Å². The monoisotopic (exact) mass is 323 g/mol. The molecule has 0 aromatic heterocycles. The normalized spacial score (nSPS) is 14.3. The Balaban J connectivity index is 1.62. The zero-order valence-corrected chi connectivity index (χ0v) is 14.2. The zero-order chi connectivity index (χ0) is 16.8. The number of nitrogens with one attached hydrogen (secondary N) is 2. The van der Waals surface area contributed by atoms with Gasteiger partial charge in [-0.05, 0) is 43.9 Å². The average Bonchev–Trinajstić information content (AvgIpc) is 2.61. The highest BCUT2D eigenvalue weighted by Gasteiger charge is 2.15. The minimum atomic E-state index is -0.166. The van der Waals surface area contributed by atoms with Gasteiger partial charge in [0.15, 0.2) is 0 Å². The van der Waals surface area contributed by atoms with Gasteiger partial charge in [0.2, 0.25) is 0 Å². The second-order valence-corrected chi connectivity index (χ2v) is 6.36. The molecular weight excluding hydrogens is 298 g/mol. The summed E-state index contributed by atoms with van der Waals surface area (Å²) in [6, 6.07) is 16.0. The molecular formula is C20H25N3O. The van der Waals surface area contributed by atoms with Gasteiger partial charge >= 0.3 is 6.03 Å². The van der Waals surface area contributed by atoms with Crippen molar-refractivity contribution in [2.75, 3.05) is 23.3 Å². The summed E-state index contributed by atoms with van der Waals surface area (Å²) in [5.41, 5.74) is 4.30. The number of urea groups is 1. The Morgan fingerprint density at radius 2 is 1.83 bits per heavy atom. The van der Waals surface area contributed by atoms with Gasteiger partial charge in [-0.15, -0.1) is 0 Å². The van der Waals surface area contributed by atoms with Crippen LogP contribution < -0.4 is 15.5 Å². The summed E-state index contributed by atoms with van der Waals surface area (Å²) in [6.45, 7) is 4.70. The van der Waals surface area contributed by atoms with Gasteiger partial charge in [-0.1, -0.05) is 42.0 Å². The first-order valence-electron chi connectivity index (χ1n) is 8.67. The van der Waals surface area contributed by atoms with Crippen molar-refractivity contribution in [3.05, 3.63) is 59.7 Å². The van der Waals surface area contributed by atoms with E-state index in [0.717, 1.165) is 30.0 Å². The highest BCUT2D eigenvalue weighted by molar-refractivity contribution is 5.93. The number of amides is 2. The molecule has 126 valence electrons. The summed E-state index contributed by atoms with van der Waals surface area (Å²) in [7, 11) is 0. The number of anilines is 2. The minimum Gasteiger partial charge on any atom is -0.370 e. The first-order valence-corrected chi connectivity index (χ1v) is 8.67. The summed E-state index contributed by atoms with van der Waals surface area (Å²) in [4.78, 5) is 14.6. The average molecular weight is 323 g/mol. The number of para-hydroxylation sites is 2. The highest BCUT2D eigenvalue weighted by atomic mass is 16.2. The van der Waals surface area contributed by atoms with E-state index in [9.17, 15) is 4.79 Å². The molecule has 0 aliphatic carbocycles. The van der Waals surface area contributed by atoms with Crippen LogP contribution in [0, 0.1) is 6.92 Å². The lowest BCUT2D eigenvalue weighted by atomic mass is 10.1. The van der Waals surface area contributed by atoms with Crippen molar-refractivity contribution in [2.24, 2.45) is 0 Å². The number of piperidine rings is 1. The minimum absolute atomic E-state index is 0.166. The van der Waals surface area contributed by atoms with Gasteiger partial charge in [-0.25, -0.2) is 4.79 Å². The van der Waals surface area contributed by atoms with Crippen molar-refractivity contribution >= 4 is 17.4 Å². The maximum atomic E-state index is 12.3. The molecule has 1 aliphatic rings. The summed E-state index contributed by atoms with van der Waals surface area (Å²) in [6.07, 6.45) is 3.73. The second kappa shape index (κ2) is 7.86. The van der Waals surface area contributed by atoms with E-state index in [0.29, 0.717) is 6.54 Å². The molecule has 1 saturated heterocycles. The lowest BCUT2D eigenvalue weighted by molar-refractivity contribution is 0.251. The van der Waals surface area contributed by atoms with E-state index in [1.165, 1.54) is 24.8 Å². The number of rotatable bonds is 4. The van der Waals surface area contributed by atoms with Crippen molar-refractivity contribution < 1.29 is 4.79 Å². The number of carbonyl (C=O) groups excluding carboxylic acids is 1. The second-order valence-electron chi connectivity index (χ2n) is 6.36. The third kappa shape index (κ3) is 4.28. The standard InChI is InChI=1S/C20H25N3O/c1-16-8-7-9-17(14-16)15-21-20(24)22-18-10-3-4-11-19(18)23-12-5-2-6-13-23/h3-4,7-11,14H,2,5-6,12-13,15H2,1H3,(H2,21,22,24). The van der Waals surface area contributed by atoms with Crippen molar-refractivity contribution in [2.45, 2.75) is 32.7 Å². The van der Waals surface area contributed by atoms with Crippen molar-refractivity contribution in [1.82, 2.24) is 5.32 Å². The number of hydrogen-bond acceptors (Lipinski definition) is 2. The number of carbonyl (C=O) groups is 1. The first-order chi connectivity index (χ1) is 11.7. The quantitative estimate of drug-likeness (QED) is 0.881. The SMILES string of the molecule is Cc1cccc(CNC(=O)Nc2ccccc2N2CCCCC2)c1. The van der Waals surface area contributed by atoms with Gasteiger partial charge in [0.05, 0.1) is 11.4 Å². The predicted octanol–water partition coefficient (Wildman–Crippen LogP) is 4.31. The van der Waals surface area contributed by atoms with Crippen LogP contribution in [0.5, 0.6) is 0 Å². The van der Waals surface area contributed by atoms with E-state index >= 15 is 0 Å². The molecule has 2 N–H and O–H groups in total. The topological polar surface area (TPSA) is 44.4 Å². The van der Waals surface area contributed by atoms with Gasteiger partial charge in [-0.2, -0.15) is 0 Å². The van der Waals surface area contributed by atoms with Crippen LogP contribution in [0.4, 0.5) is 16.2 Å². The molecule has 4 heteroatoms. The highest BCUT2D eigenvalue weighted by Crippen LogP contribution is 2.28. The molecule has 2 aromatic rings. The van der Waals surface area contributed by atoms with Crippen molar-refractivity contribution in [3.63, 3.8) is 0 Å². The predicted molar refractivity (Wildman–Crippen MR) is 99.5 cm³/mol. The molecule has 0 atom stereocenters. The maximum absolute atomic E-state index is 12.3. The lowest BCUT2D eigenvalue weighted by Gasteiger charge is -2.30. The Morgan fingerprint density at radius 3 is 2.62 bits per heavy atom. The van der Waals surface area contributed by atoms with E-state index < -0.39 is 0 Å². The fraction of sp³-hybridized carbons (Fsp3) is 0.350. The number of benzene rings is 2. The van der Waals surface area contributed by atoms with Crippen molar-refractivity contribution in [1.29, 1.82) is 0 Å². The molecule has 4 nitrogen and oxygen atoms in total. The molecule has 1 aliphatic heterocycles. The molecule has 0 saturated carbocycles. The third-order valence-electron chi connectivity index (χ3n) is 4.38. The Kier molecular flexibility index (Phi) is 5.36. The number of hydrogen-bond donors (Lipinski definition) is 2. The lowest BCUT2D eigenvalue weighted by Crippen LogP contribution is -2.32. The van der Waals surface area contributed by atoms with Crippen LogP contribution >= 0.6 is 0 Å². The molecule has 3 rings (SSSR count). The van der Waals surface area contributed by atoms with Crippen LogP contribution in [0.3, 0.4) is 0 Å². The molecule has 1 heterocycles. The molecule has 24 heavy (non-hydrogen) atoms. The molecule has 2 amide bonds. The Hall–Kier alpha value is -2.49. The van der Waals surface area contributed by atoms with Crippen LogP contribution in [0.2, 0.25) is 0 Å². The zero-order valence-electron chi connectivity index (χ0n) is 14.2. The van der Waals surface area contributed by atoms with E-state index in [1.807, 2.05) is 30.3 Å². The first kappa shape index (κ1) is 16.4. The summed E-state index contributed by atoms with van der Waals surface area (Å²) < 4.78 is 0. The summed E-state index contributed by atoms with van der Waals surface area (Å²) >= 11 is 0. The van der Waals surface area contributed by atoms with Crippen LogP contribution in [-0.4, -0.2) is 19.1 Å². The summed E-state index contributed by atoms with van der Waals surface area (Å²) in [5, 5.41) is 5.94. The van der Waals surface area contributed by atoms with Gasteiger partial charge in [0, 0.05) is 19.6 Å². The Bertz CT molecular complexity index is 693. The molecule has 0 radical (unpaired) electrons. The number of aryl methyl sites for hydroxylation is 1. The van der Waals surface area contributed by atoms with Crippen LogP contribution in [0.1, 0.15) is 30.4 Å². The van der Waals surface area contributed by atoms with Crippen LogP contribution in [-0.2, 0) is 6.54 Å². The van der Waals surface area contributed by atoms with Gasteiger partial charge in [0.25, 0.3) is 0 Å². The number of nitrogens with zero attached hydrogens (tertiary/aromatic N) is 1. The van der Waals surface area contributed by atoms with Crippen molar-refractivity contribution in [3.8, 4) is 0 Å². The Labute approximate surface area is 143 Å². The van der Waals surface area contributed by atoms with Gasteiger partial charge in [-0.3, -0.25) is 0 Å². The van der Waals surface area contributed by atoms with E-state index in [1.54, 1.807) is 0 Å². The van der Waals surface area contributed by atoms with E-state index in [-0.39, 0.29) is 6.03 Å². The summed E-state index contributed by atoms with van der Waals surface area (Å²) in [5.74, 6) is 0. The largest absolute Gasteiger partial charge is 0.370 e. The van der Waals surface area contributed by atoms with Crippen LogP contribution in [0.25, 0.3) is 0 Å². The smallest absolute Gasteiger partial charge is 0.319 e. The van der Waals surface area contributed by atoms with Crippen LogP contribution in [0.15, 0.2) is 48.5 Å². The molecule has 1 fully saturated rings. The fourth-order valence-corrected chi connectivity index (χ4v) is 3.16. The Morgan fingerprint density at radius 1 is 1.04 bits per heavy atom. The molecule has 0 bridgehead atoms.